The molecule has 150 valence electrons. The SMILES string of the molecule is CC(C(=O)N(C)C1CCN(c2ccccc2)C1=O)n1c(-c2cccs2)n[nH]c1=S. The zero-order chi connectivity index (χ0) is 20.5. The molecule has 1 fully saturated rings. The minimum atomic E-state index is -0.582. The van der Waals surface area contributed by atoms with Crippen molar-refractivity contribution in [2.45, 2.75) is 25.4 Å². The Kier molecular flexibility index (Phi) is 5.33. The van der Waals surface area contributed by atoms with Gasteiger partial charge in [0.15, 0.2) is 10.6 Å². The molecule has 7 nitrogen and oxygen atoms in total. The average Bonchev–Trinajstić information content (AvgIpc) is 3.47. The Morgan fingerprint density at radius 3 is 2.76 bits per heavy atom. The number of carbonyl (C=O) groups is 2. The van der Waals surface area contributed by atoms with E-state index in [9.17, 15) is 9.59 Å². The van der Waals surface area contributed by atoms with Gasteiger partial charge in [0, 0.05) is 19.3 Å². The van der Waals surface area contributed by atoms with E-state index < -0.39 is 12.1 Å². The van der Waals surface area contributed by atoms with Gasteiger partial charge in [0.2, 0.25) is 11.8 Å². The summed E-state index contributed by atoms with van der Waals surface area (Å²) in [6.45, 7) is 2.38. The molecule has 2 atom stereocenters. The van der Waals surface area contributed by atoms with Gasteiger partial charge in [-0.1, -0.05) is 24.3 Å². The predicted molar refractivity (Wildman–Crippen MR) is 115 cm³/mol. The highest BCUT2D eigenvalue weighted by Gasteiger charge is 2.38. The van der Waals surface area contributed by atoms with Gasteiger partial charge in [-0.15, -0.1) is 11.3 Å². The van der Waals surface area contributed by atoms with E-state index in [4.69, 9.17) is 12.2 Å². The number of aromatic amines is 1. The smallest absolute Gasteiger partial charge is 0.249 e. The molecule has 0 bridgehead atoms. The molecule has 4 rings (SSSR count). The van der Waals surface area contributed by atoms with Gasteiger partial charge < -0.3 is 9.80 Å². The van der Waals surface area contributed by atoms with Gasteiger partial charge in [-0.25, -0.2) is 0 Å². The lowest BCUT2D eigenvalue weighted by Gasteiger charge is -2.27. The molecule has 29 heavy (non-hydrogen) atoms. The molecule has 2 aromatic heterocycles. The number of H-pyrrole nitrogens is 1. The molecular weight excluding hydrogens is 406 g/mol. The van der Waals surface area contributed by atoms with Crippen molar-refractivity contribution in [2.75, 3.05) is 18.5 Å². The molecule has 2 amide bonds. The van der Waals surface area contributed by atoms with Crippen molar-refractivity contribution in [1.29, 1.82) is 0 Å². The maximum absolute atomic E-state index is 13.2. The zero-order valence-electron chi connectivity index (χ0n) is 16.1. The van der Waals surface area contributed by atoms with Crippen molar-refractivity contribution in [1.82, 2.24) is 19.7 Å². The Morgan fingerprint density at radius 2 is 2.07 bits per heavy atom. The third kappa shape index (κ3) is 3.51. The summed E-state index contributed by atoms with van der Waals surface area (Å²) in [6.07, 6.45) is 0.594. The van der Waals surface area contributed by atoms with Crippen LogP contribution in [0.1, 0.15) is 19.4 Å². The maximum Gasteiger partial charge on any atom is 0.249 e. The second kappa shape index (κ2) is 7.92. The molecule has 0 spiro atoms. The molecule has 1 saturated heterocycles. The first kappa shape index (κ1) is 19.5. The number of amides is 2. The molecule has 0 radical (unpaired) electrons. The Balaban J connectivity index is 1.56. The van der Waals surface area contributed by atoms with Gasteiger partial charge in [0.05, 0.1) is 4.88 Å². The van der Waals surface area contributed by atoms with Gasteiger partial charge in [-0.2, -0.15) is 5.10 Å². The quantitative estimate of drug-likeness (QED) is 0.633. The second-order valence-corrected chi connectivity index (χ2v) is 8.29. The lowest BCUT2D eigenvalue weighted by atomic mass is 10.2. The summed E-state index contributed by atoms with van der Waals surface area (Å²) in [5, 5.41) is 9.03. The first-order chi connectivity index (χ1) is 14.0. The van der Waals surface area contributed by atoms with E-state index in [1.807, 2.05) is 47.8 Å². The van der Waals surface area contributed by atoms with Crippen LogP contribution in [0.25, 0.3) is 10.7 Å². The third-order valence-electron chi connectivity index (χ3n) is 5.25. The number of thiophene rings is 1. The minimum absolute atomic E-state index is 0.0616. The Hall–Kier alpha value is -2.78. The Morgan fingerprint density at radius 1 is 1.31 bits per heavy atom. The highest BCUT2D eigenvalue weighted by molar-refractivity contribution is 7.71. The molecule has 0 saturated carbocycles. The van der Waals surface area contributed by atoms with Crippen LogP contribution >= 0.6 is 23.6 Å². The summed E-state index contributed by atoms with van der Waals surface area (Å²) in [4.78, 5) is 30.4. The Bertz CT molecular complexity index is 1070. The van der Waals surface area contributed by atoms with Gasteiger partial charge in [-0.3, -0.25) is 19.3 Å². The summed E-state index contributed by atoms with van der Waals surface area (Å²) < 4.78 is 2.10. The summed E-state index contributed by atoms with van der Waals surface area (Å²) in [6, 6.07) is 12.3. The fourth-order valence-corrected chi connectivity index (χ4v) is 4.69. The summed E-state index contributed by atoms with van der Waals surface area (Å²) in [7, 11) is 1.68. The molecule has 3 heterocycles. The van der Waals surface area contributed by atoms with Crippen LogP contribution < -0.4 is 4.90 Å². The largest absolute Gasteiger partial charge is 0.332 e. The van der Waals surface area contributed by atoms with Crippen LogP contribution in [-0.2, 0) is 9.59 Å². The maximum atomic E-state index is 13.2. The number of benzene rings is 1. The third-order valence-corrected chi connectivity index (χ3v) is 6.40. The standard InChI is InChI=1S/C20H21N5O2S2/c1-13(25-17(21-22-20(25)28)16-9-6-12-29-16)18(26)23(2)15-10-11-24(19(15)27)14-7-4-3-5-8-14/h3-9,12-13,15H,10-11H2,1-2H3,(H,22,28). The molecule has 1 aliphatic heterocycles. The topological polar surface area (TPSA) is 74.2 Å². The van der Waals surface area contributed by atoms with E-state index in [1.165, 1.54) is 11.3 Å². The molecule has 1 aromatic carbocycles. The monoisotopic (exact) mass is 427 g/mol. The fourth-order valence-electron chi connectivity index (χ4n) is 3.69. The first-order valence-electron chi connectivity index (χ1n) is 9.33. The van der Waals surface area contributed by atoms with Gasteiger partial charge in [0.1, 0.15) is 12.1 Å². The van der Waals surface area contributed by atoms with Crippen molar-refractivity contribution in [3.05, 3.63) is 52.6 Å². The number of hydrogen-bond donors (Lipinski definition) is 1. The van der Waals surface area contributed by atoms with E-state index >= 15 is 0 Å². The molecule has 9 heteroatoms. The molecule has 1 N–H and O–H groups in total. The number of aromatic nitrogens is 3. The van der Waals surface area contributed by atoms with Crippen LogP contribution in [0.15, 0.2) is 47.8 Å². The lowest BCUT2D eigenvalue weighted by Crippen LogP contribution is -2.45. The number of likely N-dealkylation sites (N-methyl/N-ethyl adjacent to an activating group) is 1. The normalized spacial score (nSPS) is 17.5. The molecule has 1 aliphatic rings. The van der Waals surface area contributed by atoms with E-state index in [-0.39, 0.29) is 11.8 Å². The van der Waals surface area contributed by atoms with E-state index in [0.717, 1.165) is 10.6 Å². The van der Waals surface area contributed by atoms with Gasteiger partial charge >= 0.3 is 0 Å². The van der Waals surface area contributed by atoms with Crippen LogP contribution in [0.4, 0.5) is 5.69 Å². The number of rotatable bonds is 5. The van der Waals surface area contributed by atoms with Crippen molar-refractivity contribution < 1.29 is 9.59 Å². The molecular formula is C20H21N5O2S2. The number of carbonyl (C=O) groups excluding carboxylic acids is 2. The summed E-state index contributed by atoms with van der Waals surface area (Å²) in [5.74, 6) is 0.394. The number of para-hydroxylation sites is 1. The number of nitrogens with one attached hydrogen (secondary N) is 1. The second-order valence-electron chi connectivity index (χ2n) is 6.95. The number of nitrogens with zero attached hydrogens (tertiary/aromatic N) is 4. The first-order valence-corrected chi connectivity index (χ1v) is 10.6. The number of anilines is 1. The highest BCUT2D eigenvalue weighted by atomic mass is 32.1. The fraction of sp³-hybridized carbons (Fsp3) is 0.300. The van der Waals surface area contributed by atoms with E-state index in [0.29, 0.717) is 23.6 Å². The molecule has 0 aliphatic carbocycles. The van der Waals surface area contributed by atoms with Crippen LogP contribution in [0.5, 0.6) is 0 Å². The molecule has 3 aromatic rings. The van der Waals surface area contributed by atoms with Crippen LogP contribution in [-0.4, -0.2) is 51.1 Å². The Labute approximate surface area is 177 Å². The zero-order valence-corrected chi connectivity index (χ0v) is 17.7. The highest BCUT2D eigenvalue weighted by Crippen LogP contribution is 2.28. The van der Waals surface area contributed by atoms with E-state index in [2.05, 4.69) is 10.2 Å². The van der Waals surface area contributed by atoms with Crippen molar-refractivity contribution in [2.24, 2.45) is 0 Å². The lowest BCUT2D eigenvalue weighted by molar-refractivity contribution is -0.139. The van der Waals surface area contributed by atoms with Crippen molar-refractivity contribution >= 4 is 41.1 Å². The van der Waals surface area contributed by atoms with Crippen LogP contribution in [0, 0.1) is 4.77 Å². The molecule has 2 unspecified atom stereocenters. The summed E-state index contributed by atoms with van der Waals surface area (Å²) >= 11 is 6.90. The predicted octanol–water partition coefficient (Wildman–Crippen LogP) is 3.49. The van der Waals surface area contributed by atoms with Crippen LogP contribution in [0.2, 0.25) is 0 Å². The minimum Gasteiger partial charge on any atom is -0.332 e. The van der Waals surface area contributed by atoms with Crippen molar-refractivity contribution in [3.63, 3.8) is 0 Å². The average molecular weight is 428 g/mol. The van der Waals surface area contributed by atoms with Gasteiger partial charge in [0.25, 0.3) is 0 Å². The van der Waals surface area contributed by atoms with Crippen molar-refractivity contribution in [3.8, 4) is 10.7 Å². The van der Waals surface area contributed by atoms with Crippen LogP contribution in [0.3, 0.4) is 0 Å². The number of hydrogen-bond acceptors (Lipinski definition) is 5. The summed E-state index contributed by atoms with van der Waals surface area (Å²) in [5.41, 5.74) is 0.853. The van der Waals surface area contributed by atoms with E-state index in [1.54, 1.807) is 28.3 Å². The van der Waals surface area contributed by atoms with Gasteiger partial charge in [-0.05, 0) is 49.1 Å².